The highest BCUT2D eigenvalue weighted by Crippen LogP contribution is 2.43. The van der Waals surface area contributed by atoms with E-state index in [1.54, 1.807) is 0 Å². The van der Waals surface area contributed by atoms with Crippen molar-refractivity contribution >= 4 is 0 Å². The Morgan fingerprint density at radius 3 is 1.10 bits per heavy atom. The monoisotopic (exact) mass is 1290 g/mol. The molecule has 0 radical (unpaired) electrons. The fourth-order valence-corrected chi connectivity index (χ4v) is 18.8. The van der Waals surface area contributed by atoms with Gasteiger partial charge < -0.3 is 35.7 Å². The largest absolute Gasteiger partial charge is 0.393 e. The second-order valence-electron chi connectivity index (χ2n) is 37.5. The average molecular weight is 1290 g/mol. The normalized spacial score (nSPS) is 41.1. The molecule has 7 N–H and O–H groups in total. The van der Waals surface area contributed by atoms with Crippen LogP contribution in [0.2, 0.25) is 0 Å². The molecule has 7 nitrogen and oxygen atoms in total. The minimum absolute atomic E-state index is 0.0325. The highest BCUT2D eigenvalue weighted by molar-refractivity contribution is 4.88. The molecule has 26 atom stereocenters. The molecule has 26 unspecified atom stereocenters. The highest BCUT2D eigenvalue weighted by Gasteiger charge is 2.38. The van der Waals surface area contributed by atoms with Crippen molar-refractivity contribution in [2.24, 2.45) is 166 Å². The third kappa shape index (κ3) is 34.4. The van der Waals surface area contributed by atoms with Crippen molar-refractivity contribution in [3.05, 3.63) is 0 Å². The van der Waals surface area contributed by atoms with Crippen molar-refractivity contribution in [3.8, 4) is 0 Å². The lowest BCUT2D eigenvalue weighted by molar-refractivity contribution is -0.00470. The Hall–Kier alpha value is -0.280. The van der Waals surface area contributed by atoms with E-state index < -0.39 is 0 Å². The lowest BCUT2D eigenvalue weighted by Gasteiger charge is -2.38. The fourth-order valence-electron chi connectivity index (χ4n) is 18.8. The summed E-state index contributed by atoms with van der Waals surface area (Å²) in [6.07, 6.45) is 24.9. The second kappa shape index (κ2) is 44.7. The molecular formula is C84H168O7. The van der Waals surface area contributed by atoms with Crippen LogP contribution in [0.25, 0.3) is 0 Å². The lowest BCUT2D eigenvalue weighted by atomic mass is 9.70. The van der Waals surface area contributed by atoms with Crippen LogP contribution in [-0.2, 0) is 0 Å². The van der Waals surface area contributed by atoms with Gasteiger partial charge in [-0.1, -0.05) is 194 Å². The van der Waals surface area contributed by atoms with Gasteiger partial charge in [0, 0.05) is 0 Å². The van der Waals surface area contributed by atoms with Crippen molar-refractivity contribution < 1.29 is 35.7 Å². The Bertz CT molecular complexity index is 1630. The molecule has 7 aliphatic carbocycles. The minimum Gasteiger partial charge on any atom is -0.393 e. The predicted molar refractivity (Wildman–Crippen MR) is 396 cm³/mol. The van der Waals surface area contributed by atoms with E-state index in [-0.39, 0.29) is 42.7 Å². The Kier molecular flexibility index (Phi) is 43.6. The number of hydrogen-bond donors (Lipinski definition) is 7. The Morgan fingerprint density at radius 1 is 0.231 bits per heavy atom. The van der Waals surface area contributed by atoms with Gasteiger partial charge in [0.25, 0.3) is 0 Å². The fraction of sp³-hybridized carbons (Fsp3) is 1.00. The Labute approximate surface area is 570 Å². The van der Waals surface area contributed by atoms with Gasteiger partial charge in [-0.15, -0.1) is 0 Å². The molecule has 0 heterocycles. The Morgan fingerprint density at radius 2 is 0.626 bits per heavy atom. The summed E-state index contributed by atoms with van der Waals surface area (Å²) >= 11 is 0. The van der Waals surface area contributed by atoms with Crippen LogP contribution < -0.4 is 0 Å². The summed E-state index contributed by atoms with van der Waals surface area (Å²) in [5.74, 6) is 19.4. The molecule has 0 bridgehead atoms. The zero-order valence-corrected chi connectivity index (χ0v) is 66.2. The number of hydrogen-bond acceptors (Lipinski definition) is 7. The first-order valence-electron chi connectivity index (χ1n) is 39.8. The average Bonchev–Trinajstić information content (AvgIpc) is 1.52. The van der Waals surface area contributed by atoms with Crippen molar-refractivity contribution in [1.29, 1.82) is 0 Å². The molecule has 7 aliphatic rings. The van der Waals surface area contributed by atoms with E-state index in [9.17, 15) is 35.7 Å². The first kappa shape index (κ1) is 88.7. The van der Waals surface area contributed by atoms with Gasteiger partial charge in [0.05, 0.1) is 42.7 Å². The first-order valence-corrected chi connectivity index (χ1v) is 39.8. The zero-order chi connectivity index (χ0) is 70.1. The van der Waals surface area contributed by atoms with Gasteiger partial charge in [0.2, 0.25) is 0 Å². The van der Waals surface area contributed by atoms with Crippen LogP contribution in [0.3, 0.4) is 0 Å². The molecule has 7 rings (SSSR count). The van der Waals surface area contributed by atoms with Gasteiger partial charge in [-0.05, 0) is 301 Å². The maximum Gasteiger partial charge on any atom is 0.0593 e. The van der Waals surface area contributed by atoms with Crippen LogP contribution in [0.4, 0.5) is 0 Å². The number of aliphatic hydroxyl groups excluding tert-OH is 7. The van der Waals surface area contributed by atoms with Crippen molar-refractivity contribution in [1.82, 2.24) is 0 Å². The molecule has 7 saturated carbocycles. The van der Waals surface area contributed by atoms with Crippen LogP contribution in [0.5, 0.6) is 0 Å². The molecule has 0 aliphatic heterocycles. The number of rotatable bonds is 14. The van der Waals surface area contributed by atoms with Gasteiger partial charge in [-0.3, -0.25) is 0 Å². The quantitative estimate of drug-likeness (QED) is 0.0918. The Balaban J connectivity index is 0.000000531. The second-order valence-corrected chi connectivity index (χ2v) is 37.5. The summed E-state index contributed by atoms with van der Waals surface area (Å²) in [6.45, 7) is 63.3. The van der Waals surface area contributed by atoms with Gasteiger partial charge in [-0.25, -0.2) is 0 Å². The van der Waals surface area contributed by atoms with E-state index in [0.717, 1.165) is 139 Å². The van der Waals surface area contributed by atoms with Crippen LogP contribution in [0.1, 0.15) is 329 Å². The molecular weight excluding hydrogens is 1120 g/mol. The molecule has 91 heavy (non-hydrogen) atoms. The van der Waals surface area contributed by atoms with E-state index in [2.05, 4.69) is 194 Å². The molecule has 0 aromatic heterocycles. The third-order valence-corrected chi connectivity index (χ3v) is 25.0. The summed E-state index contributed by atoms with van der Waals surface area (Å²) in [5, 5.41) is 68.5. The summed E-state index contributed by atoms with van der Waals surface area (Å²) in [4.78, 5) is 0. The molecule has 0 aromatic carbocycles. The van der Waals surface area contributed by atoms with E-state index in [0.29, 0.717) is 65.1 Å². The molecule has 0 spiro atoms. The summed E-state index contributed by atoms with van der Waals surface area (Å²) in [5.41, 5.74) is 0. The molecule has 0 aromatic rings. The van der Waals surface area contributed by atoms with Gasteiger partial charge in [0.15, 0.2) is 0 Å². The van der Waals surface area contributed by atoms with E-state index in [1.165, 1.54) is 96.3 Å². The van der Waals surface area contributed by atoms with Crippen LogP contribution in [0, 0.1) is 166 Å². The summed E-state index contributed by atoms with van der Waals surface area (Å²) in [7, 11) is 0. The van der Waals surface area contributed by atoms with Gasteiger partial charge in [-0.2, -0.15) is 0 Å². The van der Waals surface area contributed by atoms with Gasteiger partial charge >= 0.3 is 0 Å². The van der Waals surface area contributed by atoms with Crippen LogP contribution in [-0.4, -0.2) is 78.5 Å². The topological polar surface area (TPSA) is 142 Å². The number of aliphatic hydroxyl groups is 7. The molecule has 7 heteroatoms. The zero-order valence-electron chi connectivity index (χ0n) is 66.2. The predicted octanol–water partition coefficient (Wildman–Crippen LogP) is 21.5. The van der Waals surface area contributed by atoms with Crippen molar-refractivity contribution in [2.45, 2.75) is 371 Å². The summed E-state index contributed by atoms with van der Waals surface area (Å²) < 4.78 is 0. The van der Waals surface area contributed by atoms with Crippen molar-refractivity contribution in [2.75, 3.05) is 0 Å². The summed E-state index contributed by atoms with van der Waals surface area (Å²) in [6, 6.07) is 0. The smallest absolute Gasteiger partial charge is 0.0593 e. The maximum absolute atomic E-state index is 9.93. The van der Waals surface area contributed by atoms with E-state index in [4.69, 9.17) is 0 Å². The van der Waals surface area contributed by atoms with Crippen LogP contribution >= 0.6 is 0 Å². The SMILES string of the molecule is CC(C)CC1CC(C)C(C)C(O)C1.CC(C)CC1CC(C)C(O)C(C)C1.CC(C)CC1CC(C)CC(O)C1C.CC(C)CC1CC(O)C(C)CC1C.CC(C)CC1CC(O)CC(C)C1C.CC(C)CC1CCC(C)C(O)C1C.CC(C)CC1CCC(O)C(C)C1C. The van der Waals surface area contributed by atoms with Crippen molar-refractivity contribution in [3.63, 3.8) is 0 Å². The lowest BCUT2D eigenvalue weighted by Crippen LogP contribution is -2.36. The van der Waals surface area contributed by atoms with E-state index in [1.807, 2.05) is 0 Å². The minimum atomic E-state index is -0.0579. The first-order chi connectivity index (χ1) is 42.1. The highest BCUT2D eigenvalue weighted by atomic mass is 16.3. The molecule has 0 amide bonds. The molecule has 546 valence electrons. The van der Waals surface area contributed by atoms with Gasteiger partial charge in [0.1, 0.15) is 0 Å². The standard InChI is InChI=1S/7C12H24O/c1-8(2)5-11-7-12(13)6-9(3)10(11)4;1-8(2)5-11-6-9(3)10(4)12(13)7-11;1-8(2)5-11-6-9(3)12(13)10(4)7-11;1-8(2)5-11-7-12(13)10(4)6-9(11)3;1-8(2)5-11-6-9(3)7-12(13)10(11)4;1-8(2)7-11-5-6-12(13)10(4)9(11)3;1-8(2)7-11-6-5-9(3)12(13)10(11)4/h7*8-13H,5-7H2,1-4H3. The molecule has 7 fully saturated rings. The van der Waals surface area contributed by atoms with E-state index >= 15 is 0 Å². The van der Waals surface area contributed by atoms with Crippen LogP contribution in [0.15, 0.2) is 0 Å². The third-order valence-electron chi connectivity index (χ3n) is 25.0. The molecule has 0 saturated heterocycles. The maximum atomic E-state index is 9.93.